The van der Waals surface area contributed by atoms with E-state index in [0.717, 1.165) is 16.3 Å². The fourth-order valence-electron chi connectivity index (χ4n) is 1.35. The van der Waals surface area contributed by atoms with Crippen LogP contribution in [-0.2, 0) is 0 Å². The lowest BCUT2D eigenvalue weighted by Gasteiger charge is -2.08. The van der Waals surface area contributed by atoms with Gasteiger partial charge in [-0.1, -0.05) is 12.1 Å². The fourth-order valence-corrected chi connectivity index (χ4v) is 2.09. The van der Waals surface area contributed by atoms with Crippen LogP contribution in [0.1, 0.15) is 22.3 Å². The highest BCUT2D eigenvalue weighted by Gasteiger charge is 2.10. The van der Waals surface area contributed by atoms with Gasteiger partial charge in [0.15, 0.2) is 0 Å². The molecule has 2 aromatic rings. The van der Waals surface area contributed by atoms with Crippen molar-refractivity contribution in [3.8, 4) is 0 Å². The third kappa shape index (κ3) is 1.84. The van der Waals surface area contributed by atoms with Crippen LogP contribution in [0, 0.1) is 6.92 Å². The van der Waals surface area contributed by atoms with Gasteiger partial charge in [-0.3, -0.25) is 4.98 Å². The SMILES string of the molecule is Cc1cccc([C@@H](N)c2cccs2)n1. The predicted octanol–water partition coefficient (Wildman–Crippen LogP) is 2.50. The number of nitrogens with two attached hydrogens (primary N) is 1. The first-order valence-corrected chi connectivity index (χ1v) is 5.38. The molecule has 2 heterocycles. The van der Waals surface area contributed by atoms with Crippen LogP contribution in [0.15, 0.2) is 35.7 Å². The molecule has 0 aliphatic rings. The molecule has 0 aromatic carbocycles. The van der Waals surface area contributed by atoms with Crippen molar-refractivity contribution in [1.29, 1.82) is 0 Å². The van der Waals surface area contributed by atoms with Gasteiger partial charge in [-0.05, 0) is 30.5 Å². The third-order valence-corrected chi connectivity index (χ3v) is 3.03. The van der Waals surface area contributed by atoms with Crippen LogP contribution in [0.25, 0.3) is 0 Å². The Balaban J connectivity index is 2.32. The first kappa shape index (κ1) is 9.37. The molecule has 2 N–H and O–H groups in total. The quantitative estimate of drug-likeness (QED) is 0.816. The van der Waals surface area contributed by atoms with Crippen LogP contribution in [0.4, 0.5) is 0 Å². The van der Waals surface area contributed by atoms with E-state index in [2.05, 4.69) is 4.98 Å². The van der Waals surface area contributed by atoms with Crippen molar-refractivity contribution in [1.82, 2.24) is 4.98 Å². The lowest BCUT2D eigenvalue weighted by Crippen LogP contribution is -2.12. The second kappa shape index (κ2) is 3.90. The number of aromatic nitrogens is 1. The zero-order chi connectivity index (χ0) is 9.97. The van der Waals surface area contributed by atoms with E-state index in [9.17, 15) is 0 Å². The number of hydrogen-bond donors (Lipinski definition) is 1. The second-order valence-electron chi connectivity index (χ2n) is 3.20. The number of aryl methyl sites for hydroxylation is 1. The average Bonchev–Trinajstić information content (AvgIpc) is 2.69. The van der Waals surface area contributed by atoms with Crippen LogP contribution in [0.2, 0.25) is 0 Å². The Labute approximate surface area is 87.4 Å². The minimum absolute atomic E-state index is 0.0881. The largest absolute Gasteiger partial charge is 0.318 e. The summed E-state index contributed by atoms with van der Waals surface area (Å²) in [5.74, 6) is 0. The van der Waals surface area contributed by atoms with Gasteiger partial charge in [-0.25, -0.2) is 0 Å². The Hall–Kier alpha value is -1.19. The van der Waals surface area contributed by atoms with Crippen LogP contribution >= 0.6 is 11.3 Å². The summed E-state index contributed by atoms with van der Waals surface area (Å²) in [5, 5.41) is 2.03. The van der Waals surface area contributed by atoms with Crippen molar-refractivity contribution in [2.24, 2.45) is 5.73 Å². The summed E-state index contributed by atoms with van der Waals surface area (Å²) in [6.45, 7) is 1.98. The first-order valence-electron chi connectivity index (χ1n) is 4.50. The fraction of sp³-hybridized carbons (Fsp3) is 0.182. The van der Waals surface area contributed by atoms with Gasteiger partial charge in [0.05, 0.1) is 11.7 Å². The van der Waals surface area contributed by atoms with Crippen molar-refractivity contribution in [2.75, 3.05) is 0 Å². The molecule has 0 unspecified atom stereocenters. The van der Waals surface area contributed by atoms with E-state index in [1.54, 1.807) is 11.3 Å². The molecule has 72 valence electrons. The molecule has 3 heteroatoms. The van der Waals surface area contributed by atoms with Crippen molar-refractivity contribution in [3.05, 3.63) is 52.0 Å². The lowest BCUT2D eigenvalue weighted by atomic mass is 10.1. The van der Waals surface area contributed by atoms with Crippen LogP contribution in [0.5, 0.6) is 0 Å². The molecule has 0 aliphatic carbocycles. The first-order chi connectivity index (χ1) is 6.77. The normalized spacial score (nSPS) is 12.7. The Morgan fingerprint density at radius 1 is 1.29 bits per heavy atom. The standard InChI is InChI=1S/C11H12N2S/c1-8-4-2-5-9(13-8)11(12)10-6-3-7-14-10/h2-7,11H,12H2,1H3/t11-/m1/s1. The summed E-state index contributed by atoms with van der Waals surface area (Å²) in [6.07, 6.45) is 0. The van der Waals surface area contributed by atoms with Crippen molar-refractivity contribution in [2.45, 2.75) is 13.0 Å². The minimum Gasteiger partial charge on any atom is -0.318 e. The highest BCUT2D eigenvalue weighted by atomic mass is 32.1. The van der Waals surface area contributed by atoms with Crippen molar-refractivity contribution in [3.63, 3.8) is 0 Å². The predicted molar refractivity (Wildman–Crippen MR) is 59.3 cm³/mol. The molecule has 2 rings (SSSR count). The molecule has 0 radical (unpaired) electrons. The molecule has 0 amide bonds. The lowest BCUT2D eigenvalue weighted by molar-refractivity contribution is 0.838. The summed E-state index contributed by atoms with van der Waals surface area (Å²) < 4.78 is 0. The summed E-state index contributed by atoms with van der Waals surface area (Å²) in [6, 6.07) is 9.90. The molecule has 1 atom stereocenters. The summed E-state index contributed by atoms with van der Waals surface area (Å²) in [5.41, 5.74) is 8.02. The topological polar surface area (TPSA) is 38.9 Å². The van der Waals surface area contributed by atoms with Crippen LogP contribution < -0.4 is 5.73 Å². The van der Waals surface area contributed by atoms with E-state index in [-0.39, 0.29) is 6.04 Å². The van der Waals surface area contributed by atoms with E-state index in [1.807, 2.05) is 42.6 Å². The van der Waals surface area contributed by atoms with Gasteiger partial charge in [0.2, 0.25) is 0 Å². The van der Waals surface area contributed by atoms with Gasteiger partial charge in [-0.15, -0.1) is 11.3 Å². The summed E-state index contributed by atoms with van der Waals surface area (Å²) in [7, 11) is 0. The molecule has 0 saturated heterocycles. The molecule has 0 saturated carbocycles. The number of hydrogen-bond acceptors (Lipinski definition) is 3. The average molecular weight is 204 g/mol. The van der Waals surface area contributed by atoms with E-state index in [4.69, 9.17) is 5.73 Å². The zero-order valence-corrected chi connectivity index (χ0v) is 8.79. The van der Waals surface area contributed by atoms with E-state index >= 15 is 0 Å². The third-order valence-electron chi connectivity index (χ3n) is 2.08. The Kier molecular flexibility index (Phi) is 2.61. The molecule has 0 aliphatic heterocycles. The summed E-state index contributed by atoms with van der Waals surface area (Å²) >= 11 is 1.67. The zero-order valence-electron chi connectivity index (χ0n) is 7.97. The monoisotopic (exact) mass is 204 g/mol. The maximum Gasteiger partial charge on any atom is 0.0820 e. The maximum atomic E-state index is 6.08. The van der Waals surface area contributed by atoms with Gasteiger partial charge >= 0.3 is 0 Å². The Bertz CT molecular complexity index is 409. The number of rotatable bonds is 2. The second-order valence-corrected chi connectivity index (χ2v) is 4.18. The van der Waals surface area contributed by atoms with Gasteiger partial charge in [0.25, 0.3) is 0 Å². The van der Waals surface area contributed by atoms with E-state index in [0.29, 0.717) is 0 Å². The maximum absolute atomic E-state index is 6.08. The van der Waals surface area contributed by atoms with Gasteiger partial charge in [0, 0.05) is 10.6 Å². The molecular weight excluding hydrogens is 192 g/mol. The van der Waals surface area contributed by atoms with Gasteiger partial charge < -0.3 is 5.73 Å². The number of nitrogens with zero attached hydrogens (tertiary/aromatic N) is 1. The highest BCUT2D eigenvalue weighted by Crippen LogP contribution is 2.22. The molecule has 0 bridgehead atoms. The molecule has 2 nitrogen and oxygen atoms in total. The molecular formula is C11H12N2S. The molecule has 0 spiro atoms. The van der Waals surface area contributed by atoms with Crippen molar-refractivity contribution >= 4 is 11.3 Å². The van der Waals surface area contributed by atoms with E-state index < -0.39 is 0 Å². The number of pyridine rings is 1. The molecule has 0 fully saturated rings. The van der Waals surface area contributed by atoms with E-state index in [1.165, 1.54) is 0 Å². The van der Waals surface area contributed by atoms with Crippen LogP contribution in [-0.4, -0.2) is 4.98 Å². The van der Waals surface area contributed by atoms with Gasteiger partial charge in [-0.2, -0.15) is 0 Å². The Morgan fingerprint density at radius 2 is 2.14 bits per heavy atom. The smallest absolute Gasteiger partial charge is 0.0820 e. The molecule has 2 aromatic heterocycles. The summed E-state index contributed by atoms with van der Waals surface area (Å²) in [4.78, 5) is 5.57. The van der Waals surface area contributed by atoms with Gasteiger partial charge in [0.1, 0.15) is 0 Å². The van der Waals surface area contributed by atoms with Crippen LogP contribution in [0.3, 0.4) is 0 Å². The van der Waals surface area contributed by atoms with Crippen molar-refractivity contribution < 1.29 is 0 Å². The highest BCUT2D eigenvalue weighted by molar-refractivity contribution is 7.10. The molecule has 14 heavy (non-hydrogen) atoms. The minimum atomic E-state index is -0.0881. The Morgan fingerprint density at radius 3 is 2.79 bits per heavy atom. The number of thiophene rings is 1.